The zero-order valence-electron chi connectivity index (χ0n) is 19.0. The molecule has 0 aliphatic carbocycles. The minimum Gasteiger partial charge on any atom is -0.338 e. The smallest absolute Gasteiger partial charge is 0.253 e. The third-order valence-corrected chi connectivity index (χ3v) is 6.98. The second kappa shape index (κ2) is 8.79. The van der Waals surface area contributed by atoms with E-state index < -0.39 is 0 Å². The number of hydrogen-bond acceptors (Lipinski definition) is 5. The van der Waals surface area contributed by atoms with Crippen LogP contribution in [-0.4, -0.2) is 68.2 Å². The van der Waals surface area contributed by atoms with E-state index in [2.05, 4.69) is 20.4 Å². The summed E-state index contributed by atoms with van der Waals surface area (Å²) in [5.41, 5.74) is 5.25. The highest BCUT2D eigenvalue weighted by molar-refractivity contribution is 5.97. The van der Waals surface area contributed by atoms with Crippen LogP contribution in [0.3, 0.4) is 0 Å². The Bertz CT molecular complexity index is 1400. The first kappa shape index (κ1) is 21.2. The number of amides is 2. The van der Waals surface area contributed by atoms with Crippen LogP contribution in [0.5, 0.6) is 0 Å². The summed E-state index contributed by atoms with van der Waals surface area (Å²) in [6.45, 7) is 2.70. The van der Waals surface area contributed by atoms with E-state index in [9.17, 15) is 9.59 Å². The van der Waals surface area contributed by atoms with Gasteiger partial charge in [0.05, 0.1) is 5.52 Å². The van der Waals surface area contributed by atoms with Gasteiger partial charge in [0, 0.05) is 62.0 Å². The molecule has 2 amide bonds. The molecule has 1 N–H and O–H groups in total. The lowest BCUT2D eigenvalue weighted by Crippen LogP contribution is -2.35. The highest BCUT2D eigenvalue weighted by Gasteiger charge is 2.42. The maximum atomic E-state index is 13.0. The summed E-state index contributed by atoms with van der Waals surface area (Å²) in [4.78, 5) is 33.8. The summed E-state index contributed by atoms with van der Waals surface area (Å²) in [6.07, 6.45) is 7.10. The van der Waals surface area contributed by atoms with Crippen LogP contribution in [0.2, 0.25) is 0 Å². The maximum absolute atomic E-state index is 13.0. The van der Waals surface area contributed by atoms with Crippen LogP contribution in [-0.2, 0) is 4.79 Å². The first-order chi connectivity index (χ1) is 17.1. The quantitative estimate of drug-likeness (QED) is 0.468. The fraction of sp³-hybridized carbons (Fsp3) is 0.222. The third-order valence-electron chi connectivity index (χ3n) is 6.98. The van der Waals surface area contributed by atoms with E-state index in [-0.39, 0.29) is 11.8 Å². The van der Waals surface area contributed by atoms with Crippen LogP contribution >= 0.6 is 0 Å². The fourth-order valence-electron chi connectivity index (χ4n) is 5.09. The Balaban J connectivity index is 1.05. The highest BCUT2D eigenvalue weighted by atomic mass is 16.2. The van der Waals surface area contributed by atoms with Crippen molar-refractivity contribution in [2.45, 2.75) is 0 Å². The van der Waals surface area contributed by atoms with E-state index in [0.29, 0.717) is 49.1 Å². The monoisotopic (exact) mass is 464 g/mol. The second-order valence-corrected chi connectivity index (χ2v) is 9.21. The van der Waals surface area contributed by atoms with Crippen LogP contribution in [0.25, 0.3) is 28.2 Å². The lowest BCUT2D eigenvalue weighted by molar-refractivity contribution is -0.125. The number of nitrogens with one attached hydrogen (secondary N) is 1. The average Bonchev–Trinajstić information content (AvgIpc) is 3.62. The number of fused-ring (bicyclic) bond motifs is 2. The SMILES string of the molecule is O=C(C=Cc1ccc(-c2cccnc2)cc1)N1C[C@@H]2CN(C(=O)c3ccc4[nH]nnc4c3)C[C@H]2C1. The molecule has 0 radical (unpaired) electrons. The molecule has 2 aromatic carbocycles. The van der Waals surface area contributed by atoms with Gasteiger partial charge in [-0.15, -0.1) is 5.10 Å². The Morgan fingerprint density at radius 1 is 0.914 bits per heavy atom. The van der Waals surface area contributed by atoms with Crippen LogP contribution < -0.4 is 0 Å². The van der Waals surface area contributed by atoms with E-state index >= 15 is 0 Å². The zero-order valence-corrected chi connectivity index (χ0v) is 19.0. The van der Waals surface area contributed by atoms with E-state index in [4.69, 9.17) is 0 Å². The molecule has 2 aromatic heterocycles. The molecule has 6 rings (SSSR count). The Morgan fingerprint density at radius 3 is 2.43 bits per heavy atom. The summed E-state index contributed by atoms with van der Waals surface area (Å²) >= 11 is 0. The van der Waals surface area contributed by atoms with Crippen LogP contribution in [0, 0.1) is 11.8 Å². The van der Waals surface area contributed by atoms with Gasteiger partial charge in [-0.3, -0.25) is 19.7 Å². The predicted octanol–water partition coefficient (Wildman–Crippen LogP) is 3.26. The Morgan fingerprint density at radius 2 is 1.69 bits per heavy atom. The van der Waals surface area contributed by atoms with Crippen molar-refractivity contribution in [3.05, 3.63) is 84.2 Å². The van der Waals surface area contributed by atoms with Crippen molar-refractivity contribution in [3.8, 4) is 11.1 Å². The van der Waals surface area contributed by atoms with E-state index in [0.717, 1.165) is 22.2 Å². The van der Waals surface area contributed by atoms with E-state index in [1.54, 1.807) is 18.3 Å². The first-order valence-electron chi connectivity index (χ1n) is 11.7. The molecule has 2 atom stereocenters. The molecule has 8 heteroatoms. The summed E-state index contributed by atoms with van der Waals surface area (Å²) in [6, 6.07) is 17.4. The van der Waals surface area contributed by atoms with Crippen molar-refractivity contribution in [2.24, 2.45) is 11.8 Å². The number of H-pyrrole nitrogens is 1. The minimum absolute atomic E-state index is 0.0109. The average molecular weight is 465 g/mol. The van der Waals surface area contributed by atoms with Gasteiger partial charge in [0.15, 0.2) is 0 Å². The molecule has 2 aliphatic heterocycles. The number of likely N-dealkylation sites (tertiary alicyclic amines) is 2. The van der Waals surface area contributed by atoms with E-state index in [1.807, 2.05) is 70.6 Å². The fourth-order valence-corrected chi connectivity index (χ4v) is 5.09. The van der Waals surface area contributed by atoms with Crippen LogP contribution in [0.1, 0.15) is 15.9 Å². The molecular formula is C27H24N6O2. The topological polar surface area (TPSA) is 95.1 Å². The number of carbonyl (C=O) groups is 2. The lowest BCUT2D eigenvalue weighted by atomic mass is 10.0. The van der Waals surface area contributed by atoms with Gasteiger partial charge < -0.3 is 9.80 Å². The van der Waals surface area contributed by atoms with Gasteiger partial charge in [0.2, 0.25) is 5.91 Å². The number of hydrogen-bond donors (Lipinski definition) is 1. The van der Waals surface area contributed by atoms with Crippen molar-refractivity contribution in [1.29, 1.82) is 0 Å². The van der Waals surface area contributed by atoms with Crippen molar-refractivity contribution in [1.82, 2.24) is 30.2 Å². The molecule has 0 spiro atoms. The standard InChI is InChI=1S/C27H24N6O2/c34-26(10-5-18-3-6-19(7-4-18)21-2-1-11-28-13-21)32-14-22-16-33(17-23(22)15-32)27(35)20-8-9-24-25(12-20)30-31-29-24/h1-13,22-23H,14-17H2,(H,29,30,31)/t22-,23-/m1/s1. The predicted molar refractivity (Wildman–Crippen MR) is 132 cm³/mol. The number of aromatic amines is 1. The third kappa shape index (κ3) is 4.19. The molecule has 8 nitrogen and oxygen atoms in total. The van der Waals surface area contributed by atoms with Crippen LogP contribution in [0.4, 0.5) is 0 Å². The van der Waals surface area contributed by atoms with E-state index in [1.165, 1.54) is 0 Å². The molecule has 0 unspecified atom stereocenters. The number of nitrogens with zero attached hydrogens (tertiary/aromatic N) is 5. The first-order valence-corrected chi connectivity index (χ1v) is 11.7. The number of rotatable bonds is 4. The lowest BCUT2D eigenvalue weighted by Gasteiger charge is -2.21. The van der Waals surface area contributed by atoms with Crippen molar-refractivity contribution >= 4 is 28.9 Å². The van der Waals surface area contributed by atoms with Gasteiger partial charge in [0.1, 0.15) is 5.52 Å². The van der Waals surface area contributed by atoms with Gasteiger partial charge in [-0.1, -0.05) is 35.5 Å². The van der Waals surface area contributed by atoms with Gasteiger partial charge in [-0.25, -0.2) is 0 Å². The van der Waals surface area contributed by atoms with Gasteiger partial charge in [-0.05, 0) is 47.0 Å². The normalized spacial score (nSPS) is 19.5. The molecular weight excluding hydrogens is 440 g/mol. The molecule has 35 heavy (non-hydrogen) atoms. The largest absolute Gasteiger partial charge is 0.338 e. The van der Waals surface area contributed by atoms with Crippen LogP contribution in [0.15, 0.2) is 73.1 Å². The molecule has 4 heterocycles. The highest BCUT2D eigenvalue weighted by Crippen LogP contribution is 2.32. The Labute approximate surface area is 202 Å². The molecule has 2 saturated heterocycles. The zero-order chi connectivity index (χ0) is 23.8. The molecule has 4 aromatic rings. The summed E-state index contributed by atoms with van der Waals surface area (Å²) in [5, 5.41) is 10.6. The summed E-state index contributed by atoms with van der Waals surface area (Å²) in [7, 11) is 0. The maximum Gasteiger partial charge on any atom is 0.253 e. The number of carbonyl (C=O) groups excluding carboxylic acids is 2. The summed E-state index contributed by atoms with van der Waals surface area (Å²) in [5.74, 6) is 0.651. The number of pyridine rings is 1. The van der Waals surface area contributed by atoms with Gasteiger partial charge in [0.25, 0.3) is 5.91 Å². The molecule has 2 fully saturated rings. The minimum atomic E-state index is 0.0109. The Kier molecular flexibility index (Phi) is 5.33. The molecule has 0 saturated carbocycles. The molecule has 174 valence electrons. The number of benzene rings is 2. The van der Waals surface area contributed by atoms with Crippen molar-refractivity contribution < 1.29 is 9.59 Å². The molecule has 2 aliphatic rings. The second-order valence-electron chi connectivity index (χ2n) is 9.21. The Hall–Kier alpha value is -4.33. The van der Waals surface area contributed by atoms with Gasteiger partial charge in [-0.2, -0.15) is 0 Å². The van der Waals surface area contributed by atoms with Crippen molar-refractivity contribution in [3.63, 3.8) is 0 Å². The van der Waals surface area contributed by atoms with Gasteiger partial charge >= 0.3 is 0 Å². The molecule has 0 bridgehead atoms. The summed E-state index contributed by atoms with van der Waals surface area (Å²) < 4.78 is 0. The number of aromatic nitrogens is 4. The van der Waals surface area contributed by atoms with Crippen molar-refractivity contribution in [2.75, 3.05) is 26.2 Å².